The van der Waals surface area contributed by atoms with E-state index in [0.29, 0.717) is 0 Å². The Morgan fingerprint density at radius 3 is 2.70 bits per heavy atom. The Labute approximate surface area is 127 Å². The number of hydrogen-bond donors (Lipinski definition) is 3. The van der Waals surface area contributed by atoms with Gasteiger partial charge in [-0.15, -0.1) is 11.8 Å². The van der Waals surface area contributed by atoms with Gasteiger partial charge in [0, 0.05) is 24.2 Å². The molecule has 1 atom stereocenters. The van der Waals surface area contributed by atoms with Gasteiger partial charge in [0.2, 0.25) is 0 Å². The minimum Gasteiger partial charge on any atom is -0.330 e. The highest BCUT2D eigenvalue weighted by atomic mass is 32.2. The molecular formula is C16H27N3S. The smallest absolute Gasteiger partial charge is 0.0420 e. The third kappa shape index (κ3) is 5.83. The van der Waals surface area contributed by atoms with Crippen LogP contribution in [0.1, 0.15) is 30.4 Å². The molecule has 4 heteroatoms. The molecule has 1 aliphatic heterocycles. The lowest BCUT2D eigenvalue weighted by atomic mass is 10.0. The summed E-state index contributed by atoms with van der Waals surface area (Å²) in [4.78, 5) is 0. The Morgan fingerprint density at radius 1 is 1.20 bits per heavy atom. The van der Waals surface area contributed by atoms with Gasteiger partial charge in [-0.2, -0.15) is 0 Å². The maximum absolute atomic E-state index is 5.47. The van der Waals surface area contributed by atoms with E-state index >= 15 is 0 Å². The van der Waals surface area contributed by atoms with Gasteiger partial charge in [-0.25, -0.2) is 0 Å². The summed E-state index contributed by atoms with van der Waals surface area (Å²) in [5, 5.41) is 6.94. The van der Waals surface area contributed by atoms with E-state index in [9.17, 15) is 0 Å². The van der Waals surface area contributed by atoms with Gasteiger partial charge in [0.15, 0.2) is 0 Å². The van der Waals surface area contributed by atoms with E-state index in [0.717, 1.165) is 38.0 Å². The van der Waals surface area contributed by atoms with Crippen LogP contribution in [0.15, 0.2) is 24.3 Å². The quantitative estimate of drug-likeness (QED) is 0.610. The molecule has 1 heterocycles. The van der Waals surface area contributed by atoms with E-state index in [2.05, 4.69) is 34.9 Å². The zero-order valence-corrected chi connectivity index (χ0v) is 13.1. The maximum Gasteiger partial charge on any atom is 0.0420 e. The molecule has 0 aliphatic carbocycles. The van der Waals surface area contributed by atoms with Gasteiger partial charge in [0.1, 0.15) is 0 Å². The fraction of sp³-hybridized carbons (Fsp3) is 0.625. The number of hydrogen-bond acceptors (Lipinski definition) is 4. The van der Waals surface area contributed by atoms with Gasteiger partial charge in [0.05, 0.1) is 0 Å². The molecular weight excluding hydrogens is 266 g/mol. The molecule has 1 aliphatic rings. The summed E-state index contributed by atoms with van der Waals surface area (Å²) in [6, 6.07) is 9.78. The fourth-order valence-corrected chi connectivity index (χ4v) is 3.50. The van der Waals surface area contributed by atoms with Gasteiger partial charge < -0.3 is 16.4 Å². The molecule has 1 aromatic carbocycles. The largest absolute Gasteiger partial charge is 0.330 e. The minimum atomic E-state index is 0.742. The molecule has 2 rings (SSSR count). The minimum absolute atomic E-state index is 0.742. The molecule has 1 saturated heterocycles. The predicted octanol–water partition coefficient (Wildman–Crippen LogP) is 2.11. The molecule has 0 bridgehead atoms. The van der Waals surface area contributed by atoms with E-state index in [-0.39, 0.29) is 0 Å². The van der Waals surface area contributed by atoms with Crippen LogP contribution in [0.3, 0.4) is 0 Å². The van der Waals surface area contributed by atoms with Crippen LogP contribution in [0.5, 0.6) is 0 Å². The SMILES string of the molecule is NCCCNCc1ccc(CCCC2CSCN2)cc1. The first-order valence-corrected chi connectivity index (χ1v) is 8.83. The Balaban J connectivity index is 1.63. The van der Waals surface area contributed by atoms with E-state index in [4.69, 9.17) is 5.73 Å². The standard InChI is InChI=1S/C16H27N3S/c17-9-2-10-18-11-15-7-5-14(6-8-15)3-1-4-16-12-20-13-19-16/h5-8,16,18-19H,1-4,9-13,17H2. The number of nitrogens with two attached hydrogens (primary N) is 1. The van der Waals surface area contributed by atoms with E-state index in [1.165, 1.54) is 36.1 Å². The number of aryl methyl sites for hydroxylation is 1. The normalized spacial score (nSPS) is 18.6. The lowest BCUT2D eigenvalue weighted by Crippen LogP contribution is -2.23. The van der Waals surface area contributed by atoms with Crippen LogP contribution in [0, 0.1) is 0 Å². The molecule has 1 aromatic rings. The first-order valence-electron chi connectivity index (χ1n) is 7.68. The van der Waals surface area contributed by atoms with Crippen LogP contribution in [0.4, 0.5) is 0 Å². The van der Waals surface area contributed by atoms with E-state index in [1.807, 2.05) is 11.8 Å². The summed E-state index contributed by atoms with van der Waals surface area (Å²) in [5.41, 5.74) is 8.29. The van der Waals surface area contributed by atoms with E-state index in [1.54, 1.807) is 0 Å². The molecule has 112 valence electrons. The lowest BCUT2D eigenvalue weighted by molar-refractivity contribution is 0.558. The topological polar surface area (TPSA) is 50.1 Å². The van der Waals surface area contributed by atoms with Crippen LogP contribution in [0.2, 0.25) is 0 Å². The van der Waals surface area contributed by atoms with Crippen LogP contribution in [-0.2, 0) is 13.0 Å². The van der Waals surface area contributed by atoms with Gasteiger partial charge in [-0.1, -0.05) is 24.3 Å². The van der Waals surface area contributed by atoms with Crippen LogP contribution < -0.4 is 16.4 Å². The highest BCUT2D eigenvalue weighted by Gasteiger charge is 2.13. The average Bonchev–Trinajstić information content (AvgIpc) is 2.98. The average molecular weight is 293 g/mol. The highest BCUT2D eigenvalue weighted by Crippen LogP contribution is 2.15. The first-order chi connectivity index (χ1) is 9.88. The van der Waals surface area contributed by atoms with Crippen LogP contribution >= 0.6 is 11.8 Å². The summed E-state index contributed by atoms with van der Waals surface area (Å²) in [7, 11) is 0. The molecule has 0 aromatic heterocycles. The highest BCUT2D eigenvalue weighted by molar-refractivity contribution is 7.99. The summed E-state index contributed by atoms with van der Waals surface area (Å²) in [6.45, 7) is 2.72. The van der Waals surface area contributed by atoms with Crippen molar-refractivity contribution in [2.24, 2.45) is 5.73 Å². The fourth-order valence-electron chi connectivity index (χ4n) is 2.46. The number of nitrogens with one attached hydrogen (secondary N) is 2. The third-order valence-corrected chi connectivity index (χ3v) is 4.73. The van der Waals surface area contributed by atoms with Gasteiger partial charge in [0.25, 0.3) is 0 Å². The van der Waals surface area contributed by atoms with Crippen molar-refractivity contribution in [3.05, 3.63) is 35.4 Å². The summed E-state index contributed by atoms with van der Waals surface area (Å²) in [6.07, 6.45) is 4.83. The van der Waals surface area contributed by atoms with Crippen molar-refractivity contribution >= 4 is 11.8 Å². The second-order valence-corrected chi connectivity index (χ2v) is 6.47. The van der Waals surface area contributed by atoms with Crippen molar-refractivity contribution in [2.45, 2.75) is 38.3 Å². The van der Waals surface area contributed by atoms with Gasteiger partial charge in [-0.05, 0) is 49.9 Å². The molecule has 0 spiro atoms. The van der Waals surface area contributed by atoms with Crippen molar-refractivity contribution in [3.63, 3.8) is 0 Å². The van der Waals surface area contributed by atoms with Crippen LogP contribution in [0.25, 0.3) is 0 Å². The molecule has 0 saturated carbocycles. The monoisotopic (exact) mass is 293 g/mol. The molecule has 3 nitrogen and oxygen atoms in total. The second-order valence-electron chi connectivity index (χ2n) is 5.44. The zero-order valence-electron chi connectivity index (χ0n) is 12.2. The van der Waals surface area contributed by atoms with Crippen molar-refractivity contribution < 1.29 is 0 Å². The Kier molecular flexibility index (Phi) is 7.44. The molecule has 0 amide bonds. The predicted molar refractivity (Wildman–Crippen MR) is 89.0 cm³/mol. The van der Waals surface area contributed by atoms with Crippen molar-refractivity contribution in [1.82, 2.24) is 10.6 Å². The Morgan fingerprint density at radius 2 is 2.00 bits per heavy atom. The van der Waals surface area contributed by atoms with Gasteiger partial charge in [-0.3, -0.25) is 0 Å². The number of rotatable bonds is 9. The Bertz CT molecular complexity index is 360. The third-order valence-electron chi connectivity index (χ3n) is 3.72. The van der Waals surface area contributed by atoms with E-state index < -0.39 is 0 Å². The van der Waals surface area contributed by atoms with Gasteiger partial charge >= 0.3 is 0 Å². The van der Waals surface area contributed by atoms with Crippen LogP contribution in [-0.4, -0.2) is 30.8 Å². The molecule has 1 fully saturated rings. The maximum atomic E-state index is 5.47. The second kappa shape index (κ2) is 9.40. The number of thioether (sulfide) groups is 1. The van der Waals surface area contributed by atoms with Crippen molar-refractivity contribution in [1.29, 1.82) is 0 Å². The lowest BCUT2D eigenvalue weighted by Gasteiger charge is -2.09. The first kappa shape index (κ1) is 15.8. The summed E-state index contributed by atoms with van der Waals surface area (Å²) >= 11 is 2.02. The molecule has 4 N–H and O–H groups in total. The molecule has 20 heavy (non-hydrogen) atoms. The van der Waals surface area contributed by atoms with Crippen molar-refractivity contribution in [3.8, 4) is 0 Å². The molecule has 0 radical (unpaired) electrons. The Hall–Kier alpha value is -0.550. The molecule has 1 unspecified atom stereocenters. The van der Waals surface area contributed by atoms with Crippen molar-refractivity contribution in [2.75, 3.05) is 24.7 Å². The number of benzene rings is 1. The summed E-state index contributed by atoms with van der Waals surface area (Å²) in [5.74, 6) is 2.42. The zero-order chi connectivity index (χ0) is 14.0. The summed E-state index contributed by atoms with van der Waals surface area (Å²) < 4.78 is 0.